The number of nitrogens with one attached hydrogen (secondary N) is 1. The van der Waals surface area contributed by atoms with Crippen LogP contribution in [0.5, 0.6) is 0 Å². The second-order valence-corrected chi connectivity index (χ2v) is 5.28. The first-order valence-electron chi connectivity index (χ1n) is 5.75. The molecule has 2 unspecified atom stereocenters. The van der Waals surface area contributed by atoms with Gasteiger partial charge in [0.05, 0.1) is 16.4 Å². The van der Waals surface area contributed by atoms with Gasteiger partial charge in [0.1, 0.15) is 0 Å². The minimum atomic E-state index is -0.918. The average Bonchev–Trinajstić information content (AvgIpc) is 2.96. The molecule has 1 aromatic heterocycles. The Balaban J connectivity index is 2.04. The van der Waals surface area contributed by atoms with Crippen LogP contribution >= 0.6 is 11.3 Å². The van der Waals surface area contributed by atoms with Crippen molar-refractivity contribution < 1.29 is 19.6 Å². The van der Waals surface area contributed by atoms with Crippen LogP contribution in [-0.4, -0.2) is 27.9 Å². The largest absolute Gasteiger partial charge is 0.481 e. The summed E-state index contributed by atoms with van der Waals surface area (Å²) in [5.74, 6) is -1.95. The van der Waals surface area contributed by atoms with Crippen molar-refractivity contribution in [3.05, 3.63) is 27.1 Å². The number of hydrogen-bond acceptors (Lipinski definition) is 5. The van der Waals surface area contributed by atoms with E-state index >= 15 is 0 Å². The number of nitro groups is 1. The lowest BCUT2D eigenvalue weighted by molar-refractivity contribution is -0.380. The third kappa shape index (κ3) is 2.90. The van der Waals surface area contributed by atoms with Gasteiger partial charge >= 0.3 is 11.0 Å². The number of carbonyl (C=O) groups excluding carboxylic acids is 1. The van der Waals surface area contributed by atoms with Crippen LogP contribution in [0.3, 0.4) is 0 Å². The lowest BCUT2D eigenvalue weighted by atomic mass is 10.0. The molecule has 0 bridgehead atoms. The Morgan fingerprint density at radius 2 is 2.21 bits per heavy atom. The van der Waals surface area contributed by atoms with E-state index in [9.17, 15) is 19.7 Å². The van der Waals surface area contributed by atoms with Crippen molar-refractivity contribution in [3.63, 3.8) is 0 Å². The van der Waals surface area contributed by atoms with Crippen molar-refractivity contribution in [2.45, 2.75) is 25.3 Å². The predicted octanol–water partition coefficient (Wildman–Crippen LogP) is 1.64. The van der Waals surface area contributed by atoms with E-state index in [1.807, 2.05) is 0 Å². The minimum absolute atomic E-state index is 0.105. The van der Waals surface area contributed by atoms with E-state index in [-0.39, 0.29) is 10.6 Å². The summed E-state index contributed by atoms with van der Waals surface area (Å²) in [5, 5.41) is 23.5. The molecule has 2 N–H and O–H groups in total. The molecule has 0 aromatic carbocycles. The first-order chi connectivity index (χ1) is 8.99. The van der Waals surface area contributed by atoms with Crippen LogP contribution in [0.25, 0.3) is 0 Å². The van der Waals surface area contributed by atoms with Crippen LogP contribution in [0, 0.1) is 16.0 Å². The number of carbonyl (C=O) groups is 2. The predicted molar refractivity (Wildman–Crippen MR) is 67.2 cm³/mol. The maximum Gasteiger partial charge on any atom is 0.324 e. The first kappa shape index (κ1) is 13.5. The molecule has 1 aliphatic carbocycles. The standard InChI is InChI=1S/C11H12N2O5S/c14-10(6-4-9(13(17)18)19-5-6)12-8-3-1-2-7(8)11(15)16/h4-5,7-8H,1-3H2,(H,12,14)(H,15,16). The van der Waals surface area contributed by atoms with Gasteiger partial charge in [-0.2, -0.15) is 0 Å². The number of nitrogens with zero attached hydrogens (tertiary/aromatic N) is 1. The molecule has 0 saturated heterocycles. The van der Waals surface area contributed by atoms with E-state index in [0.29, 0.717) is 12.8 Å². The van der Waals surface area contributed by atoms with Crippen LogP contribution in [0.2, 0.25) is 0 Å². The highest BCUT2D eigenvalue weighted by Crippen LogP contribution is 2.27. The van der Waals surface area contributed by atoms with Gasteiger partial charge < -0.3 is 10.4 Å². The van der Waals surface area contributed by atoms with Crippen LogP contribution in [0.4, 0.5) is 5.00 Å². The lowest BCUT2D eigenvalue weighted by Gasteiger charge is -2.16. The van der Waals surface area contributed by atoms with Gasteiger partial charge in [0.25, 0.3) is 5.91 Å². The zero-order chi connectivity index (χ0) is 14.0. The van der Waals surface area contributed by atoms with E-state index in [0.717, 1.165) is 17.8 Å². The molecule has 19 heavy (non-hydrogen) atoms. The Morgan fingerprint density at radius 3 is 2.79 bits per heavy atom. The normalized spacial score (nSPS) is 22.1. The highest BCUT2D eigenvalue weighted by atomic mass is 32.1. The molecule has 1 aliphatic rings. The topological polar surface area (TPSA) is 110 Å². The van der Waals surface area contributed by atoms with Crippen molar-refractivity contribution in [2.75, 3.05) is 0 Å². The maximum atomic E-state index is 11.9. The van der Waals surface area contributed by atoms with E-state index in [4.69, 9.17) is 5.11 Å². The molecule has 1 saturated carbocycles. The summed E-state index contributed by atoms with van der Waals surface area (Å²) in [6.45, 7) is 0. The molecule has 102 valence electrons. The molecular formula is C11H12N2O5S. The number of hydrogen-bond donors (Lipinski definition) is 2. The van der Waals surface area contributed by atoms with E-state index < -0.39 is 28.8 Å². The van der Waals surface area contributed by atoms with Crippen LogP contribution in [0.1, 0.15) is 29.6 Å². The lowest BCUT2D eigenvalue weighted by Crippen LogP contribution is -2.40. The SMILES string of the molecule is O=C(NC1CCCC1C(=O)O)c1csc([N+](=O)[O-])c1. The Labute approximate surface area is 112 Å². The maximum absolute atomic E-state index is 11.9. The Hall–Kier alpha value is -1.96. The quantitative estimate of drug-likeness (QED) is 0.645. The van der Waals surface area contributed by atoms with Crippen molar-refractivity contribution in [1.82, 2.24) is 5.32 Å². The number of carboxylic acids is 1. The number of rotatable bonds is 4. The first-order valence-corrected chi connectivity index (χ1v) is 6.63. The molecule has 0 aliphatic heterocycles. The number of thiophene rings is 1. The Morgan fingerprint density at radius 1 is 1.47 bits per heavy atom. The molecule has 1 fully saturated rings. The highest BCUT2D eigenvalue weighted by molar-refractivity contribution is 7.13. The molecule has 0 spiro atoms. The molecule has 2 rings (SSSR count). The van der Waals surface area contributed by atoms with Crippen molar-refractivity contribution >= 4 is 28.2 Å². The van der Waals surface area contributed by atoms with Crippen molar-refractivity contribution in [1.29, 1.82) is 0 Å². The molecule has 1 aromatic rings. The minimum Gasteiger partial charge on any atom is -0.481 e. The summed E-state index contributed by atoms with van der Waals surface area (Å²) in [4.78, 5) is 32.8. The molecular weight excluding hydrogens is 272 g/mol. The Kier molecular flexibility index (Phi) is 3.79. The summed E-state index contributed by atoms with van der Waals surface area (Å²) in [6.07, 6.45) is 1.92. The molecule has 8 heteroatoms. The van der Waals surface area contributed by atoms with Gasteiger partial charge in [0.2, 0.25) is 0 Å². The monoisotopic (exact) mass is 284 g/mol. The smallest absolute Gasteiger partial charge is 0.324 e. The summed E-state index contributed by atoms with van der Waals surface area (Å²) >= 11 is 0.875. The second-order valence-electron chi connectivity index (χ2n) is 4.39. The molecule has 1 amide bonds. The number of carboxylic acid groups (broad SMARTS) is 1. The van der Waals surface area contributed by atoms with Gasteiger partial charge in [-0.15, -0.1) is 0 Å². The van der Waals surface area contributed by atoms with Crippen molar-refractivity contribution in [2.24, 2.45) is 5.92 Å². The summed E-state index contributed by atoms with van der Waals surface area (Å²) in [5.41, 5.74) is 0.202. The van der Waals surface area contributed by atoms with Gasteiger partial charge in [-0.3, -0.25) is 19.7 Å². The average molecular weight is 284 g/mol. The number of amides is 1. The van der Waals surface area contributed by atoms with Gasteiger partial charge in [0.15, 0.2) is 0 Å². The summed E-state index contributed by atoms with van der Waals surface area (Å²) < 4.78 is 0. The number of aliphatic carboxylic acids is 1. The van der Waals surface area contributed by atoms with Crippen molar-refractivity contribution in [3.8, 4) is 0 Å². The van der Waals surface area contributed by atoms with E-state index in [2.05, 4.69) is 5.32 Å². The van der Waals surface area contributed by atoms with Gasteiger partial charge in [-0.05, 0) is 12.8 Å². The fourth-order valence-corrected chi connectivity index (χ4v) is 2.92. The third-order valence-electron chi connectivity index (χ3n) is 3.18. The zero-order valence-corrected chi connectivity index (χ0v) is 10.7. The second kappa shape index (κ2) is 5.35. The molecule has 1 heterocycles. The zero-order valence-electron chi connectivity index (χ0n) is 9.87. The molecule has 0 radical (unpaired) electrons. The van der Waals surface area contributed by atoms with E-state index in [1.54, 1.807) is 0 Å². The van der Waals surface area contributed by atoms with E-state index in [1.165, 1.54) is 11.4 Å². The fraction of sp³-hybridized carbons (Fsp3) is 0.455. The highest BCUT2D eigenvalue weighted by Gasteiger charge is 2.34. The van der Waals surface area contributed by atoms with Crippen LogP contribution in [0.15, 0.2) is 11.4 Å². The third-order valence-corrected chi connectivity index (χ3v) is 4.06. The van der Waals surface area contributed by atoms with Gasteiger partial charge in [-0.25, -0.2) is 0 Å². The van der Waals surface area contributed by atoms with Crippen LogP contribution < -0.4 is 5.32 Å². The van der Waals surface area contributed by atoms with Gasteiger partial charge in [0, 0.05) is 17.5 Å². The fourth-order valence-electron chi connectivity index (χ4n) is 2.22. The Bertz CT molecular complexity index is 527. The van der Waals surface area contributed by atoms with Crippen LogP contribution in [-0.2, 0) is 4.79 Å². The van der Waals surface area contributed by atoms with Gasteiger partial charge in [-0.1, -0.05) is 17.8 Å². The molecule has 2 atom stereocenters. The molecule has 7 nitrogen and oxygen atoms in total. The summed E-state index contributed by atoms with van der Waals surface area (Å²) in [7, 11) is 0. The summed E-state index contributed by atoms with van der Waals surface area (Å²) in [6, 6.07) is 0.800.